The summed E-state index contributed by atoms with van der Waals surface area (Å²) in [4.78, 5) is 48.6. The van der Waals surface area contributed by atoms with Crippen molar-refractivity contribution in [2.45, 2.75) is 87.3 Å². The molecule has 3 aliphatic rings. The summed E-state index contributed by atoms with van der Waals surface area (Å²) in [7, 11) is -6.12. The number of anilines is 1. The number of sulfonamides is 2. The van der Waals surface area contributed by atoms with Gasteiger partial charge in [0, 0.05) is 40.4 Å². The molecule has 56 heavy (non-hydrogen) atoms. The molecule has 0 radical (unpaired) electrons. The molecule has 6 rings (SSSR count). The molecular formula is C38H47ClN6O9S2. The average molecular weight is 831 g/mol. The van der Waals surface area contributed by atoms with Crippen molar-refractivity contribution in [1.29, 1.82) is 0 Å². The van der Waals surface area contributed by atoms with Gasteiger partial charge in [-0.15, -0.1) is 6.58 Å². The van der Waals surface area contributed by atoms with Crippen molar-refractivity contribution in [1.82, 2.24) is 24.6 Å². The standard InChI is InChI=1S/C38H47ClN6O9S2/c1-7-22-19-38(22,36(48)44-56(51,52)27-14-15-27)43-33(46)30-18-25(54-34-29-17-23(39)9-16-28(29)31(53-6)20-40-34)21-45(30)35(47)32(37(3,4)5)42-24-10-12-26(13-11-24)55(49,50)41-8-2/h7,9-13,16-17,20,22,25,27,30,32,41-42H,1,8,14-15,18-19,21H2,2-6H3,(H,43,46)(H,44,48)/t22-,25-,30+,32+,38-/m1/s1. The van der Waals surface area contributed by atoms with Gasteiger partial charge in [0.05, 0.1) is 30.0 Å². The number of nitrogens with one attached hydrogen (secondary N) is 4. The maximum atomic E-state index is 14.8. The first kappa shape index (κ1) is 41.2. The van der Waals surface area contributed by atoms with E-state index in [2.05, 4.69) is 31.6 Å². The third kappa shape index (κ3) is 8.45. The third-order valence-corrected chi connectivity index (χ3v) is 13.9. The Morgan fingerprint density at radius 3 is 2.38 bits per heavy atom. The number of hydrogen-bond acceptors (Lipinski definition) is 11. The van der Waals surface area contributed by atoms with Gasteiger partial charge in [0.15, 0.2) is 0 Å². The minimum atomic E-state index is -3.92. The molecule has 0 bridgehead atoms. The first-order valence-electron chi connectivity index (χ1n) is 18.3. The molecule has 0 unspecified atom stereocenters. The summed E-state index contributed by atoms with van der Waals surface area (Å²) in [5.74, 6) is -1.84. The largest absolute Gasteiger partial charge is 0.494 e. The van der Waals surface area contributed by atoms with E-state index in [0.29, 0.717) is 40.1 Å². The van der Waals surface area contributed by atoms with Crippen LogP contribution in [0.15, 0.2) is 66.2 Å². The molecule has 15 nitrogen and oxygen atoms in total. The molecule has 3 amide bonds. The van der Waals surface area contributed by atoms with E-state index in [4.69, 9.17) is 21.1 Å². The molecule has 302 valence electrons. The maximum absolute atomic E-state index is 14.8. The summed E-state index contributed by atoms with van der Waals surface area (Å²) in [5, 5.41) is 7.05. The Balaban J connectivity index is 1.31. The van der Waals surface area contributed by atoms with E-state index < -0.39 is 78.1 Å². The number of ether oxygens (including phenoxy) is 2. The second-order valence-electron chi connectivity index (χ2n) is 15.5. The van der Waals surface area contributed by atoms with Crippen molar-refractivity contribution in [2.75, 3.05) is 25.5 Å². The van der Waals surface area contributed by atoms with Crippen LogP contribution in [0.1, 0.15) is 53.4 Å². The van der Waals surface area contributed by atoms with Crippen LogP contribution in [0.3, 0.4) is 0 Å². The molecule has 5 atom stereocenters. The van der Waals surface area contributed by atoms with Gasteiger partial charge in [-0.3, -0.25) is 19.1 Å². The van der Waals surface area contributed by atoms with Crippen LogP contribution in [0.25, 0.3) is 10.8 Å². The van der Waals surface area contributed by atoms with E-state index in [1.165, 1.54) is 36.4 Å². The van der Waals surface area contributed by atoms with Gasteiger partial charge in [-0.25, -0.2) is 26.5 Å². The predicted octanol–water partition coefficient (Wildman–Crippen LogP) is 3.74. The van der Waals surface area contributed by atoms with Gasteiger partial charge in [-0.05, 0) is 67.1 Å². The molecule has 2 saturated carbocycles. The number of methoxy groups -OCH3 is 1. The number of carbonyl (C=O) groups excluding carboxylic acids is 3. The van der Waals surface area contributed by atoms with Crippen molar-refractivity contribution in [3.63, 3.8) is 0 Å². The Hall–Kier alpha value is -4.45. The quantitative estimate of drug-likeness (QED) is 0.163. The monoisotopic (exact) mass is 830 g/mol. The smallest absolute Gasteiger partial charge is 0.259 e. The number of likely N-dealkylation sites (tertiary alicyclic amines) is 1. The summed E-state index contributed by atoms with van der Waals surface area (Å²) >= 11 is 6.35. The van der Waals surface area contributed by atoms with Gasteiger partial charge in [0.2, 0.25) is 37.7 Å². The Morgan fingerprint density at radius 1 is 1.09 bits per heavy atom. The highest BCUT2D eigenvalue weighted by molar-refractivity contribution is 7.91. The van der Waals surface area contributed by atoms with E-state index >= 15 is 0 Å². The van der Waals surface area contributed by atoms with Crippen molar-refractivity contribution >= 4 is 65.8 Å². The number of hydrogen-bond donors (Lipinski definition) is 4. The number of fused-ring (bicyclic) bond motifs is 1. The van der Waals surface area contributed by atoms with Crippen LogP contribution < -0.4 is 29.6 Å². The maximum Gasteiger partial charge on any atom is 0.259 e. The van der Waals surface area contributed by atoms with Crippen molar-refractivity contribution in [3.05, 3.63) is 66.3 Å². The van der Waals surface area contributed by atoms with E-state index in [1.54, 1.807) is 37.3 Å². The van der Waals surface area contributed by atoms with Crippen LogP contribution in [0.2, 0.25) is 5.02 Å². The first-order chi connectivity index (χ1) is 26.3. The molecule has 1 aliphatic heterocycles. The first-order valence-corrected chi connectivity index (χ1v) is 21.7. The molecule has 1 saturated heterocycles. The van der Waals surface area contributed by atoms with Crippen LogP contribution in [0.5, 0.6) is 11.6 Å². The second-order valence-corrected chi connectivity index (χ2v) is 19.6. The van der Waals surface area contributed by atoms with Gasteiger partial charge >= 0.3 is 0 Å². The number of nitrogens with zero attached hydrogens (tertiary/aromatic N) is 2. The SMILES string of the molecule is C=C[C@@H]1C[C@]1(NC(=O)[C@@H]1C[C@@H](Oc2ncc(OC)c3ccc(Cl)cc23)CN1C(=O)[C@H](Nc1ccc(S(=O)(=O)NCC)cc1)C(C)(C)C)C(=O)NS(=O)(=O)C1CC1. The van der Waals surface area contributed by atoms with Crippen LogP contribution in [0.4, 0.5) is 5.69 Å². The zero-order chi connectivity index (χ0) is 40.8. The summed E-state index contributed by atoms with van der Waals surface area (Å²) in [6.07, 6.45) is 3.25. The molecular weight excluding hydrogens is 784 g/mol. The fraction of sp³-hybridized carbons (Fsp3) is 0.474. The highest BCUT2D eigenvalue weighted by Gasteiger charge is 2.62. The molecule has 3 fully saturated rings. The molecule has 2 aliphatic carbocycles. The average Bonchev–Trinajstić information content (AvgIpc) is 4.07. The second kappa shape index (κ2) is 15.5. The normalized spacial score (nSPS) is 22.9. The van der Waals surface area contributed by atoms with Gasteiger partial charge < -0.3 is 25.0 Å². The Morgan fingerprint density at radius 2 is 1.79 bits per heavy atom. The molecule has 0 spiro atoms. The van der Waals surface area contributed by atoms with E-state index in [9.17, 15) is 31.2 Å². The zero-order valence-electron chi connectivity index (χ0n) is 31.8. The highest BCUT2D eigenvalue weighted by atomic mass is 35.5. The fourth-order valence-corrected chi connectivity index (χ4v) is 9.54. The molecule has 3 aromatic rings. The molecule has 4 N–H and O–H groups in total. The fourth-order valence-electron chi connectivity index (χ4n) is 6.96. The summed E-state index contributed by atoms with van der Waals surface area (Å²) in [6.45, 7) is 11.2. The lowest BCUT2D eigenvalue weighted by Crippen LogP contribution is -2.58. The summed E-state index contributed by atoms with van der Waals surface area (Å²) < 4.78 is 67.1. The number of carbonyl (C=O) groups is 3. The van der Waals surface area contributed by atoms with Gasteiger partial charge in [0.1, 0.15) is 29.5 Å². The Labute approximate surface area is 332 Å². The number of rotatable bonds is 15. The van der Waals surface area contributed by atoms with E-state index in [0.717, 1.165) is 0 Å². The topological polar surface area (TPSA) is 202 Å². The van der Waals surface area contributed by atoms with Gasteiger partial charge in [-0.2, -0.15) is 0 Å². The predicted molar refractivity (Wildman–Crippen MR) is 211 cm³/mol. The van der Waals surface area contributed by atoms with Crippen molar-refractivity contribution < 1.29 is 40.7 Å². The summed E-state index contributed by atoms with van der Waals surface area (Å²) in [5.41, 5.74) is -1.85. The number of aromatic nitrogens is 1. The Bertz CT molecular complexity index is 2260. The lowest BCUT2D eigenvalue weighted by atomic mass is 9.85. The third-order valence-electron chi connectivity index (χ3n) is 10.3. The Kier molecular flexibility index (Phi) is 11.4. The molecule has 18 heteroatoms. The van der Waals surface area contributed by atoms with Gasteiger partial charge in [0.25, 0.3) is 5.91 Å². The molecule has 2 aromatic carbocycles. The number of pyridine rings is 1. The lowest BCUT2D eigenvalue weighted by molar-refractivity contribution is -0.141. The zero-order valence-corrected chi connectivity index (χ0v) is 34.2. The molecule has 2 heterocycles. The van der Waals surface area contributed by atoms with E-state index in [1.807, 2.05) is 20.8 Å². The minimum Gasteiger partial charge on any atom is -0.494 e. The van der Waals surface area contributed by atoms with Gasteiger partial charge in [-0.1, -0.05) is 45.4 Å². The minimum absolute atomic E-state index is 0.00197. The number of halogens is 1. The van der Waals surface area contributed by atoms with Crippen LogP contribution in [-0.4, -0.2) is 93.6 Å². The lowest BCUT2D eigenvalue weighted by Gasteiger charge is -2.36. The highest BCUT2D eigenvalue weighted by Crippen LogP contribution is 2.46. The number of benzene rings is 2. The van der Waals surface area contributed by atoms with Crippen molar-refractivity contribution in [2.24, 2.45) is 11.3 Å². The van der Waals surface area contributed by atoms with Crippen LogP contribution in [0, 0.1) is 11.3 Å². The van der Waals surface area contributed by atoms with Crippen LogP contribution >= 0.6 is 11.6 Å². The van der Waals surface area contributed by atoms with Crippen LogP contribution in [-0.2, 0) is 34.4 Å². The number of amides is 3. The van der Waals surface area contributed by atoms with E-state index in [-0.39, 0.29) is 36.7 Å². The molecule has 1 aromatic heterocycles. The summed E-state index contributed by atoms with van der Waals surface area (Å²) in [6, 6.07) is 9.04. The van der Waals surface area contributed by atoms with Crippen molar-refractivity contribution in [3.8, 4) is 11.6 Å².